The van der Waals surface area contributed by atoms with Crippen LogP contribution in [0.25, 0.3) is 0 Å². The highest BCUT2D eigenvalue weighted by Crippen LogP contribution is 2.25. The van der Waals surface area contributed by atoms with Gasteiger partial charge in [0.1, 0.15) is 0 Å². The maximum Gasteiger partial charge on any atom is 0.224 e. The van der Waals surface area contributed by atoms with E-state index in [1.165, 1.54) is 0 Å². The highest BCUT2D eigenvalue weighted by atomic mass is 16.2. The van der Waals surface area contributed by atoms with Crippen molar-refractivity contribution >= 4 is 11.8 Å². The third-order valence-electron chi connectivity index (χ3n) is 2.74. The van der Waals surface area contributed by atoms with E-state index < -0.39 is 17.7 Å². The maximum atomic E-state index is 12.3. The minimum atomic E-state index is -0.496. The van der Waals surface area contributed by atoms with Crippen molar-refractivity contribution in [2.75, 3.05) is 0 Å². The lowest BCUT2D eigenvalue weighted by molar-refractivity contribution is -0.136. The van der Waals surface area contributed by atoms with Gasteiger partial charge in [0.05, 0.1) is 11.8 Å². The zero-order chi connectivity index (χ0) is 14.5. The SMILES string of the molecule is C=CC[C@H](C(N)=O)[C@H](C(=O)NC(C)(C)C)C(C)C. The van der Waals surface area contributed by atoms with Crippen LogP contribution in [-0.4, -0.2) is 17.4 Å². The van der Waals surface area contributed by atoms with Crippen molar-refractivity contribution in [3.05, 3.63) is 12.7 Å². The van der Waals surface area contributed by atoms with Gasteiger partial charge in [0.15, 0.2) is 0 Å². The Bertz CT molecular complexity index is 316. The Morgan fingerprint density at radius 3 is 2.11 bits per heavy atom. The molecule has 0 bridgehead atoms. The molecule has 0 aliphatic rings. The molecule has 2 atom stereocenters. The minimum Gasteiger partial charge on any atom is -0.369 e. The summed E-state index contributed by atoms with van der Waals surface area (Å²) in [4.78, 5) is 23.8. The van der Waals surface area contributed by atoms with Crippen molar-refractivity contribution in [1.29, 1.82) is 0 Å². The monoisotopic (exact) mass is 254 g/mol. The van der Waals surface area contributed by atoms with Crippen molar-refractivity contribution in [2.24, 2.45) is 23.5 Å². The lowest BCUT2D eigenvalue weighted by Gasteiger charge is -2.30. The van der Waals surface area contributed by atoms with Gasteiger partial charge in [-0.15, -0.1) is 6.58 Å². The molecule has 0 fully saturated rings. The van der Waals surface area contributed by atoms with Crippen molar-refractivity contribution in [3.63, 3.8) is 0 Å². The van der Waals surface area contributed by atoms with Crippen LogP contribution < -0.4 is 11.1 Å². The third-order valence-corrected chi connectivity index (χ3v) is 2.74. The zero-order valence-corrected chi connectivity index (χ0v) is 12.1. The Kier molecular flexibility index (Phi) is 6.09. The van der Waals surface area contributed by atoms with Gasteiger partial charge in [0, 0.05) is 5.54 Å². The van der Waals surface area contributed by atoms with Crippen molar-refractivity contribution in [1.82, 2.24) is 5.32 Å². The Balaban J connectivity index is 5.09. The molecule has 0 unspecified atom stereocenters. The molecule has 0 rings (SSSR count). The first-order valence-electron chi connectivity index (χ1n) is 6.32. The van der Waals surface area contributed by atoms with Gasteiger partial charge in [-0.1, -0.05) is 19.9 Å². The molecule has 0 saturated carbocycles. The molecule has 0 spiro atoms. The Labute approximate surface area is 110 Å². The molecule has 18 heavy (non-hydrogen) atoms. The molecule has 0 saturated heterocycles. The number of allylic oxidation sites excluding steroid dienone is 1. The molecule has 0 aliphatic carbocycles. The Morgan fingerprint density at radius 1 is 1.33 bits per heavy atom. The summed E-state index contributed by atoms with van der Waals surface area (Å²) in [6.07, 6.45) is 2.06. The second-order valence-electron chi connectivity index (χ2n) is 6.04. The molecule has 0 aliphatic heterocycles. The maximum absolute atomic E-state index is 12.3. The fraction of sp³-hybridized carbons (Fsp3) is 0.714. The molecule has 2 amide bonds. The summed E-state index contributed by atoms with van der Waals surface area (Å²) < 4.78 is 0. The number of amides is 2. The number of primary amides is 1. The van der Waals surface area contributed by atoms with E-state index in [-0.39, 0.29) is 17.4 Å². The molecule has 3 N–H and O–H groups in total. The zero-order valence-electron chi connectivity index (χ0n) is 12.1. The van der Waals surface area contributed by atoms with E-state index in [4.69, 9.17) is 5.73 Å². The van der Waals surface area contributed by atoms with Gasteiger partial charge in [-0.2, -0.15) is 0 Å². The van der Waals surface area contributed by atoms with Crippen LogP contribution in [0, 0.1) is 17.8 Å². The van der Waals surface area contributed by atoms with Crippen LogP contribution in [0.2, 0.25) is 0 Å². The average Bonchev–Trinajstić information content (AvgIpc) is 2.13. The lowest BCUT2D eigenvalue weighted by atomic mass is 9.80. The topological polar surface area (TPSA) is 72.2 Å². The number of rotatable bonds is 6. The Morgan fingerprint density at radius 2 is 1.83 bits per heavy atom. The van der Waals surface area contributed by atoms with Gasteiger partial charge >= 0.3 is 0 Å². The first-order chi connectivity index (χ1) is 8.10. The van der Waals surface area contributed by atoms with E-state index >= 15 is 0 Å². The average molecular weight is 254 g/mol. The predicted octanol–water partition coefficient (Wildman–Crippen LogP) is 1.85. The molecule has 4 nitrogen and oxygen atoms in total. The fourth-order valence-electron chi connectivity index (χ4n) is 2.02. The predicted molar refractivity (Wildman–Crippen MR) is 73.7 cm³/mol. The number of hydrogen-bond donors (Lipinski definition) is 2. The minimum absolute atomic E-state index is 0.0461. The first kappa shape index (κ1) is 16.7. The third kappa shape index (κ3) is 5.34. The van der Waals surface area contributed by atoms with Gasteiger partial charge in [-0.3, -0.25) is 9.59 Å². The van der Waals surface area contributed by atoms with Crippen molar-refractivity contribution in [3.8, 4) is 0 Å². The number of hydrogen-bond acceptors (Lipinski definition) is 2. The van der Waals surface area contributed by atoms with E-state index in [1.54, 1.807) is 6.08 Å². The van der Waals surface area contributed by atoms with Crippen LogP contribution in [0.5, 0.6) is 0 Å². The highest BCUT2D eigenvalue weighted by molar-refractivity contribution is 5.87. The summed E-state index contributed by atoms with van der Waals surface area (Å²) in [5.74, 6) is -1.44. The van der Waals surface area contributed by atoms with Gasteiger partial charge in [-0.25, -0.2) is 0 Å². The van der Waals surface area contributed by atoms with Crippen molar-refractivity contribution in [2.45, 2.75) is 46.6 Å². The number of nitrogens with two attached hydrogens (primary N) is 1. The number of nitrogens with one attached hydrogen (secondary N) is 1. The molecular weight excluding hydrogens is 228 g/mol. The molecule has 0 aromatic carbocycles. The van der Waals surface area contributed by atoms with Gasteiger partial charge in [0.25, 0.3) is 0 Å². The molecule has 4 heteroatoms. The normalized spacial score (nSPS) is 15.0. The molecule has 0 aromatic rings. The molecule has 0 radical (unpaired) electrons. The van der Waals surface area contributed by atoms with Crippen LogP contribution in [0.15, 0.2) is 12.7 Å². The Hall–Kier alpha value is -1.32. The number of carbonyl (C=O) groups excluding carboxylic acids is 2. The highest BCUT2D eigenvalue weighted by Gasteiger charge is 2.35. The second-order valence-corrected chi connectivity index (χ2v) is 6.04. The summed E-state index contributed by atoms with van der Waals surface area (Å²) in [5, 5.41) is 2.91. The van der Waals surface area contributed by atoms with Gasteiger partial charge in [-0.05, 0) is 33.1 Å². The van der Waals surface area contributed by atoms with Crippen LogP contribution >= 0.6 is 0 Å². The summed E-state index contributed by atoms with van der Waals surface area (Å²) >= 11 is 0. The second kappa shape index (κ2) is 6.57. The van der Waals surface area contributed by atoms with E-state index in [0.717, 1.165) is 0 Å². The van der Waals surface area contributed by atoms with E-state index in [0.29, 0.717) is 6.42 Å². The van der Waals surface area contributed by atoms with Gasteiger partial charge in [0.2, 0.25) is 11.8 Å². The van der Waals surface area contributed by atoms with E-state index in [1.807, 2.05) is 34.6 Å². The largest absolute Gasteiger partial charge is 0.369 e. The standard InChI is InChI=1S/C14H26N2O2/c1-7-8-10(12(15)17)11(9(2)3)13(18)16-14(4,5)6/h7,9-11H,1,8H2,2-6H3,(H2,15,17)(H,16,18)/t10-,11+/m0/s1. The van der Waals surface area contributed by atoms with Crippen LogP contribution in [0.3, 0.4) is 0 Å². The lowest BCUT2D eigenvalue weighted by Crippen LogP contribution is -2.49. The van der Waals surface area contributed by atoms with Crippen molar-refractivity contribution < 1.29 is 9.59 Å². The fourth-order valence-corrected chi connectivity index (χ4v) is 2.02. The van der Waals surface area contributed by atoms with E-state index in [2.05, 4.69) is 11.9 Å². The molecule has 0 heterocycles. The van der Waals surface area contributed by atoms with Crippen LogP contribution in [0.4, 0.5) is 0 Å². The number of carbonyl (C=O) groups is 2. The van der Waals surface area contributed by atoms with Gasteiger partial charge < -0.3 is 11.1 Å². The molecule has 104 valence electrons. The smallest absolute Gasteiger partial charge is 0.224 e. The summed E-state index contributed by atoms with van der Waals surface area (Å²) in [6.45, 7) is 13.2. The summed E-state index contributed by atoms with van der Waals surface area (Å²) in [7, 11) is 0. The summed E-state index contributed by atoms with van der Waals surface area (Å²) in [6, 6.07) is 0. The van der Waals surface area contributed by atoms with Crippen LogP contribution in [0.1, 0.15) is 41.0 Å². The van der Waals surface area contributed by atoms with Crippen LogP contribution in [-0.2, 0) is 9.59 Å². The molecule has 0 aromatic heterocycles. The first-order valence-corrected chi connectivity index (χ1v) is 6.32. The quantitative estimate of drug-likeness (QED) is 0.710. The van der Waals surface area contributed by atoms with E-state index in [9.17, 15) is 9.59 Å². The molecular formula is C14H26N2O2. The summed E-state index contributed by atoms with van der Waals surface area (Å²) in [5.41, 5.74) is 5.08.